The van der Waals surface area contributed by atoms with Gasteiger partial charge in [-0.25, -0.2) is 0 Å². The molecular formula is C6H9NaO4S. The number of carbonyl (C=O) groups is 1. The molecule has 0 aliphatic rings. The van der Waals surface area contributed by atoms with E-state index in [1.165, 1.54) is 0 Å². The van der Waals surface area contributed by atoms with E-state index in [9.17, 15) is 13.2 Å². The van der Waals surface area contributed by atoms with Crippen LogP contribution >= 0.6 is 0 Å². The maximum atomic E-state index is 10.6. The summed E-state index contributed by atoms with van der Waals surface area (Å²) in [5.41, 5.74) is 0. The molecule has 0 bridgehead atoms. The number of carbonyl (C=O) groups excluding carboxylic acids is 1. The van der Waals surface area contributed by atoms with Gasteiger partial charge in [-0.05, 0) is 0 Å². The molecule has 0 aromatic heterocycles. The normalized spacial score (nSPS) is 9.67. The summed E-state index contributed by atoms with van der Waals surface area (Å²) < 4.78 is 28.4. The first-order chi connectivity index (χ1) is 4.95. The Balaban J connectivity index is 0. The zero-order valence-corrected chi connectivity index (χ0v) is 6.60. The Bertz CT molecular complexity index is 274. The Kier molecular flexibility index (Phi) is 8.10. The number of terminal acetylenes is 1. The van der Waals surface area contributed by atoms with E-state index in [4.69, 9.17) is 11.0 Å². The zero-order valence-electron chi connectivity index (χ0n) is 5.78. The molecule has 6 heteroatoms. The predicted molar refractivity (Wildman–Crippen MR) is 46.6 cm³/mol. The molecule has 4 nitrogen and oxygen atoms in total. The van der Waals surface area contributed by atoms with Crippen LogP contribution < -0.4 is 0 Å². The van der Waals surface area contributed by atoms with Crippen molar-refractivity contribution in [1.29, 1.82) is 0 Å². The molecular weight excluding hydrogens is 191 g/mol. The van der Waals surface area contributed by atoms with Gasteiger partial charge >= 0.3 is 29.6 Å². The molecule has 0 saturated heterocycles. The van der Waals surface area contributed by atoms with Gasteiger partial charge in [0, 0.05) is 6.42 Å². The number of Topliss-reactive ketones (excluding diaryl/α,β-unsaturated/α-hetero) is 1. The van der Waals surface area contributed by atoms with E-state index in [1.54, 1.807) is 0 Å². The Hall–Kier alpha value is 0.140. The van der Waals surface area contributed by atoms with E-state index in [1.807, 2.05) is 0 Å². The van der Waals surface area contributed by atoms with Gasteiger partial charge in [-0.15, -0.1) is 6.42 Å². The van der Waals surface area contributed by atoms with Crippen LogP contribution in [-0.2, 0) is 14.9 Å². The van der Waals surface area contributed by atoms with Gasteiger partial charge in [0.05, 0.1) is 12.2 Å². The molecule has 0 radical (unpaired) electrons. The average molecular weight is 200 g/mol. The van der Waals surface area contributed by atoms with Gasteiger partial charge < -0.3 is 0 Å². The van der Waals surface area contributed by atoms with Crippen molar-refractivity contribution in [3.63, 3.8) is 0 Å². The topological polar surface area (TPSA) is 71.4 Å². The molecule has 0 aliphatic heterocycles. The molecule has 0 atom stereocenters. The molecule has 0 aromatic carbocycles. The predicted octanol–water partition coefficient (Wildman–Crippen LogP) is -0.792. The second-order valence-electron chi connectivity index (χ2n) is 1.96. The van der Waals surface area contributed by atoms with E-state index in [2.05, 4.69) is 5.92 Å². The third kappa shape index (κ3) is 10.1. The maximum absolute atomic E-state index is 10.6. The van der Waals surface area contributed by atoms with Crippen LogP contribution in [-0.4, -0.2) is 54.1 Å². The van der Waals surface area contributed by atoms with Crippen molar-refractivity contribution >= 4 is 45.5 Å². The summed E-state index contributed by atoms with van der Waals surface area (Å²) in [6.07, 6.45) is 4.48. The van der Waals surface area contributed by atoms with Gasteiger partial charge in [0.25, 0.3) is 10.1 Å². The standard InChI is InChI=1S/C6H8O4S.Na.H/c1-2-3-6(7)4-5-11(8,9)10;;/h1H,3-5H2,(H,8,9,10);;. The van der Waals surface area contributed by atoms with Gasteiger partial charge in [-0.3, -0.25) is 9.35 Å². The first-order valence-corrected chi connectivity index (χ1v) is 4.47. The Labute approximate surface area is 93.8 Å². The van der Waals surface area contributed by atoms with Crippen LogP contribution in [0, 0.1) is 12.3 Å². The molecule has 0 aromatic rings. The Morgan fingerprint density at radius 2 is 2.00 bits per heavy atom. The summed E-state index contributed by atoms with van der Waals surface area (Å²) in [5, 5.41) is 0. The molecule has 0 aliphatic carbocycles. The third-order valence-electron chi connectivity index (χ3n) is 0.938. The fourth-order valence-corrected chi connectivity index (χ4v) is 0.931. The fourth-order valence-electron chi connectivity index (χ4n) is 0.445. The van der Waals surface area contributed by atoms with E-state index >= 15 is 0 Å². The summed E-state index contributed by atoms with van der Waals surface area (Å²) in [6.45, 7) is 0. The van der Waals surface area contributed by atoms with Crippen molar-refractivity contribution in [2.75, 3.05) is 5.75 Å². The third-order valence-corrected chi connectivity index (χ3v) is 1.66. The summed E-state index contributed by atoms with van der Waals surface area (Å²) in [5.74, 6) is 1.17. The van der Waals surface area contributed by atoms with Gasteiger partial charge in [-0.1, -0.05) is 5.92 Å². The minimum absolute atomic E-state index is 0. The van der Waals surface area contributed by atoms with Crippen molar-refractivity contribution < 1.29 is 17.8 Å². The summed E-state index contributed by atoms with van der Waals surface area (Å²) in [7, 11) is -4.03. The molecule has 0 saturated carbocycles. The number of hydrogen-bond donors (Lipinski definition) is 1. The van der Waals surface area contributed by atoms with Crippen molar-refractivity contribution in [3.8, 4) is 12.3 Å². The quantitative estimate of drug-likeness (QED) is 0.366. The zero-order chi connectivity index (χ0) is 8.91. The molecule has 0 amide bonds. The summed E-state index contributed by atoms with van der Waals surface area (Å²) in [6, 6.07) is 0. The van der Waals surface area contributed by atoms with Crippen LogP contribution in [0.3, 0.4) is 0 Å². The minimum atomic E-state index is -4.03. The van der Waals surface area contributed by atoms with Gasteiger partial charge in [0.15, 0.2) is 0 Å². The van der Waals surface area contributed by atoms with Crippen LogP contribution in [0.1, 0.15) is 12.8 Å². The van der Waals surface area contributed by atoms with Crippen LogP contribution in [0.25, 0.3) is 0 Å². The second kappa shape index (κ2) is 6.63. The van der Waals surface area contributed by atoms with Gasteiger partial charge in [-0.2, -0.15) is 8.42 Å². The van der Waals surface area contributed by atoms with E-state index in [0.29, 0.717) is 0 Å². The molecule has 0 spiro atoms. The molecule has 1 N–H and O–H groups in total. The van der Waals surface area contributed by atoms with Crippen molar-refractivity contribution in [1.82, 2.24) is 0 Å². The first-order valence-electron chi connectivity index (χ1n) is 2.86. The molecule has 0 rings (SSSR count). The van der Waals surface area contributed by atoms with Gasteiger partial charge in [0.2, 0.25) is 0 Å². The van der Waals surface area contributed by atoms with Crippen LogP contribution in [0.15, 0.2) is 0 Å². The molecule has 0 fully saturated rings. The van der Waals surface area contributed by atoms with E-state index in [0.717, 1.165) is 0 Å². The molecule has 0 heterocycles. The van der Waals surface area contributed by atoms with Crippen molar-refractivity contribution in [2.45, 2.75) is 12.8 Å². The number of hydrogen-bond acceptors (Lipinski definition) is 3. The van der Waals surface area contributed by atoms with Gasteiger partial charge in [0.1, 0.15) is 5.78 Å². The summed E-state index contributed by atoms with van der Waals surface area (Å²) >= 11 is 0. The van der Waals surface area contributed by atoms with E-state index < -0.39 is 15.9 Å². The molecule has 64 valence electrons. The van der Waals surface area contributed by atoms with E-state index in [-0.39, 0.29) is 48.2 Å². The molecule has 0 unspecified atom stereocenters. The molecule has 12 heavy (non-hydrogen) atoms. The number of ketones is 1. The SMILES string of the molecule is C#CCC(=O)CCS(=O)(=O)O.[NaH]. The van der Waals surface area contributed by atoms with Crippen LogP contribution in [0.2, 0.25) is 0 Å². The fraction of sp³-hybridized carbons (Fsp3) is 0.500. The average Bonchev–Trinajstić information content (AvgIpc) is 1.83. The van der Waals surface area contributed by atoms with Crippen LogP contribution in [0.5, 0.6) is 0 Å². The Morgan fingerprint density at radius 3 is 2.33 bits per heavy atom. The monoisotopic (exact) mass is 200 g/mol. The summed E-state index contributed by atoms with van der Waals surface area (Å²) in [4.78, 5) is 10.6. The first kappa shape index (κ1) is 14.7. The second-order valence-corrected chi connectivity index (χ2v) is 3.53. The number of rotatable bonds is 4. The van der Waals surface area contributed by atoms with Crippen LogP contribution in [0.4, 0.5) is 0 Å². The van der Waals surface area contributed by atoms with Crippen molar-refractivity contribution in [3.05, 3.63) is 0 Å². The Morgan fingerprint density at radius 1 is 1.50 bits per heavy atom. The van der Waals surface area contributed by atoms with Crippen molar-refractivity contribution in [2.24, 2.45) is 0 Å².